The van der Waals surface area contributed by atoms with Crippen LogP contribution in [0.15, 0.2) is 46.6 Å². The minimum Gasteiger partial charge on any atom is -0.305 e. The number of benzene rings is 1. The Kier molecular flexibility index (Phi) is 3.79. The third-order valence-corrected chi connectivity index (χ3v) is 4.84. The molecule has 7 heteroatoms. The number of nitrogens with zero attached hydrogens (tertiary/aromatic N) is 5. The first kappa shape index (κ1) is 14.7. The molecule has 116 valence electrons. The highest BCUT2D eigenvalue weighted by molar-refractivity contribution is 7.99. The molecule has 2 aromatic heterocycles. The van der Waals surface area contributed by atoms with E-state index in [2.05, 4.69) is 20.2 Å². The Morgan fingerprint density at radius 2 is 1.91 bits per heavy atom. The molecule has 1 aliphatic rings. The average molecular weight is 344 g/mol. The van der Waals surface area contributed by atoms with Gasteiger partial charge in [0, 0.05) is 24.6 Å². The largest absolute Gasteiger partial charge is 0.305 e. The van der Waals surface area contributed by atoms with Gasteiger partial charge in [-0.15, -0.1) is 10.2 Å². The fourth-order valence-electron chi connectivity index (χ4n) is 2.33. The maximum absolute atomic E-state index is 6.12. The van der Waals surface area contributed by atoms with E-state index in [1.54, 1.807) is 6.07 Å². The Bertz CT molecular complexity index is 845. The third kappa shape index (κ3) is 3.09. The van der Waals surface area contributed by atoms with Gasteiger partial charge in [-0.1, -0.05) is 41.9 Å². The quantitative estimate of drug-likeness (QED) is 0.671. The molecule has 1 fully saturated rings. The summed E-state index contributed by atoms with van der Waals surface area (Å²) in [6.45, 7) is 0. The van der Waals surface area contributed by atoms with Crippen molar-refractivity contribution in [2.75, 3.05) is 0 Å². The first-order valence-electron chi connectivity index (χ1n) is 7.38. The Balaban J connectivity index is 1.64. The number of rotatable bonds is 4. The Labute approximate surface area is 143 Å². The van der Waals surface area contributed by atoms with Crippen LogP contribution >= 0.6 is 23.4 Å². The maximum Gasteiger partial charge on any atom is 0.197 e. The van der Waals surface area contributed by atoms with Gasteiger partial charge < -0.3 is 4.57 Å². The fourth-order valence-corrected chi connectivity index (χ4v) is 3.38. The smallest absolute Gasteiger partial charge is 0.197 e. The predicted octanol–water partition coefficient (Wildman–Crippen LogP) is 3.95. The molecule has 0 spiro atoms. The van der Waals surface area contributed by atoms with Crippen molar-refractivity contribution < 1.29 is 0 Å². The monoisotopic (exact) mass is 343 g/mol. The van der Waals surface area contributed by atoms with Crippen molar-refractivity contribution in [1.29, 1.82) is 0 Å². The summed E-state index contributed by atoms with van der Waals surface area (Å²) in [5, 5.41) is 10.6. The lowest BCUT2D eigenvalue weighted by atomic mass is 10.2. The zero-order valence-corrected chi connectivity index (χ0v) is 14.1. The molecule has 0 bridgehead atoms. The van der Waals surface area contributed by atoms with Gasteiger partial charge in [0.25, 0.3) is 0 Å². The highest BCUT2D eigenvalue weighted by atomic mass is 35.5. The molecule has 0 aliphatic heterocycles. The number of aromatic nitrogens is 5. The third-order valence-electron chi connectivity index (χ3n) is 3.69. The molecular formula is C16H14ClN5S. The summed E-state index contributed by atoms with van der Waals surface area (Å²) in [5.74, 6) is 2.13. The summed E-state index contributed by atoms with van der Waals surface area (Å²) in [7, 11) is 1.95. The van der Waals surface area contributed by atoms with E-state index in [1.807, 2.05) is 41.9 Å². The molecule has 0 radical (unpaired) electrons. The second-order valence-corrected chi connectivity index (χ2v) is 6.87. The van der Waals surface area contributed by atoms with Gasteiger partial charge in [0.2, 0.25) is 0 Å². The highest BCUT2D eigenvalue weighted by Crippen LogP contribution is 2.39. The lowest BCUT2D eigenvalue weighted by Gasteiger charge is -2.05. The van der Waals surface area contributed by atoms with Crippen molar-refractivity contribution in [3.05, 3.63) is 47.4 Å². The van der Waals surface area contributed by atoms with E-state index >= 15 is 0 Å². The summed E-state index contributed by atoms with van der Waals surface area (Å²) in [4.78, 5) is 8.91. The van der Waals surface area contributed by atoms with Crippen molar-refractivity contribution in [3.63, 3.8) is 0 Å². The van der Waals surface area contributed by atoms with Crippen LogP contribution in [-0.2, 0) is 7.05 Å². The number of halogens is 1. The molecule has 1 aliphatic carbocycles. The molecule has 5 nitrogen and oxygen atoms in total. The van der Waals surface area contributed by atoms with Crippen LogP contribution in [0.25, 0.3) is 11.4 Å². The van der Waals surface area contributed by atoms with Crippen LogP contribution in [0.3, 0.4) is 0 Å². The van der Waals surface area contributed by atoms with Crippen molar-refractivity contribution >= 4 is 23.4 Å². The normalized spacial score (nSPS) is 14.2. The Morgan fingerprint density at radius 1 is 1.13 bits per heavy atom. The zero-order valence-electron chi connectivity index (χ0n) is 12.5. The molecule has 0 unspecified atom stereocenters. The van der Waals surface area contributed by atoms with Gasteiger partial charge in [-0.3, -0.25) is 0 Å². The van der Waals surface area contributed by atoms with Crippen LogP contribution in [0.2, 0.25) is 5.15 Å². The molecule has 0 saturated heterocycles. The van der Waals surface area contributed by atoms with E-state index in [-0.39, 0.29) is 0 Å². The van der Waals surface area contributed by atoms with Gasteiger partial charge in [0.1, 0.15) is 16.0 Å². The number of hydrogen-bond acceptors (Lipinski definition) is 5. The topological polar surface area (TPSA) is 56.5 Å². The lowest BCUT2D eigenvalue weighted by Crippen LogP contribution is -1.97. The first-order chi connectivity index (χ1) is 11.2. The fraction of sp³-hybridized carbons (Fsp3) is 0.250. The minimum atomic E-state index is 0.465. The van der Waals surface area contributed by atoms with Gasteiger partial charge >= 0.3 is 0 Å². The predicted molar refractivity (Wildman–Crippen MR) is 89.6 cm³/mol. The van der Waals surface area contributed by atoms with Gasteiger partial charge in [-0.05, 0) is 24.6 Å². The van der Waals surface area contributed by atoms with Gasteiger partial charge in [0.05, 0.1) is 0 Å². The van der Waals surface area contributed by atoms with Crippen molar-refractivity contribution in [1.82, 2.24) is 24.7 Å². The van der Waals surface area contributed by atoms with Gasteiger partial charge in [-0.25, -0.2) is 9.97 Å². The Hall–Kier alpha value is -1.92. The molecule has 1 saturated carbocycles. The SMILES string of the molecule is Cn1c(Sc2cc(Cl)nc(C3CC3)n2)nnc1-c1ccccc1. The maximum atomic E-state index is 6.12. The molecule has 0 amide bonds. The second-order valence-electron chi connectivity index (χ2n) is 5.49. The van der Waals surface area contributed by atoms with Crippen LogP contribution < -0.4 is 0 Å². The first-order valence-corrected chi connectivity index (χ1v) is 8.57. The summed E-state index contributed by atoms with van der Waals surface area (Å²) in [5.41, 5.74) is 1.04. The molecule has 0 N–H and O–H groups in total. The summed E-state index contributed by atoms with van der Waals surface area (Å²) in [6, 6.07) is 11.8. The highest BCUT2D eigenvalue weighted by Gasteiger charge is 2.27. The van der Waals surface area contributed by atoms with Crippen LogP contribution in [0.1, 0.15) is 24.6 Å². The lowest BCUT2D eigenvalue weighted by molar-refractivity contribution is 0.789. The standard InChI is InChI=1S/C16H14ClN5S/c1-22-15(11-5-3-2-4-6-11)20-21-16(22)23-13-9-12(17)18-14(19-13)10-7-8-10/h2-6,9-10H,7-8H2,1H3. The van der Waals surface area contributed by atoms with E-state index in [0.717, 1.165) is 40.2 Å². The van der Waals surface area contributed by atoms with Crippen molar-refractivity contribution in [3.8, 4) is 11.4 Å². The second kappa shape index (κ2) is 5.94. The minimum absolute atomic E-state index is 0.465. The average Bonchev–Trinajstić information content (AvgIpc) is 3.34. The molecule has 3 aromatic rings. The van der Waals surface area contributed by atoms with Crippen LogP contribution in [0.5, 0.6) is 0 Å². The molecule has 23 heavy (non-hydrogen) atoms. The zero-order chi connectivity index (χ0) is 15.8. The molecule has 1 aromatic carbocycles. The van der Waals surface area contributed by atoms with Crippen LogP contribution in [0.4, 0.5) is 0 Å². The van der Waals surface area contributed by atoms with E-state index in [1.165, 1.54) is 11.8 Å². The number of hydrogen-bond donors (Lipinski definition) is 0. The molecule has 2 heterocycles. The van der Waals surface area contributed by atoms with Gasteiger partial charge in [0.15, 0.2) is 11.0 Å². The van der Waals surface area contributed by atoms with E-state index in [4.69, 9.17) is 11.6 Å². The van der Waals surface area contributed by atoms with Crippen LogP contribution in [-0.4, -0.2) is 24.7 Å². The molecule has 0 atom stereocenters. The van der Waals surface area contributed by atoms with E-state index in [9.17, 15) is 0 Å². The molecule has 4 rings (SSSR count). The van der Waals surface area contributed by atoms with E-state index < -0.39 is 0 Å². The van der Waals surface area contributed by atoms with E-state index in [0.29, 0.717) is 11.1 Å². The van der Waals surface area contributed by atoms with Gasteiger partial charge in [-0.2, -0.15) is 0 Å². The van der Waals surface area contributed by atoms with Crippen molar-refractivity contribution in [2.24, 2.45) is 7.05 Å². The summed E-state index contributed by atoms with van der Waals surface area (Å²) < 4.78 is 1.97. The van der Waals surface area contributed by atoms with Crippen LogP contribution in [0, 0.1) is 0 Å². The Morgan fingerprint density at radius 3 is 2.65 bits per heavy atom. The summed E-state index contributed by atoms with van der Waals surface area (Å²) >= 11 is 7.58. The summed E-state index contributed by atoms with van der Waals surface area (Å²) in [6.07, 6.45) is 2.29. The van der Waals surface area contributed by atoms with Crippen molar-refractivity contribution in [2.45, 2.75) is 28.9 Å². The molecular weight excluding hydrogens is 330 g/mol.